The minimum absolute atomic E-state index is 0.0685. The molecule has 2 N–H and O–H groups in total. The molecule has 2 aromatic rings. The molecule has 0 radical (unpaired) electrons. The Labute approximate surface area is 123 Å². The Kier molecular flexibility index (Phi) is 4.88. The number of amides is 1. The minimum atomic E-state index is -0.925. The summed E-state index contributed by atoms with van der Waals surface area (Å²) in [5.41, 5.74) is 0.678. The number of carboxylic acids is 1. The van der Waals surface area contributed by atoms with Gasteiger partial charge in [0.05, 0.1) is 18.0 Å². The van der Waals surface area contributed by atoms with Crippen molar-refractivity contribution >= 4 is 28.4 Å². The maximum absolute atomic E-state index is 11.3. The predicted molar refractivity (Wildman–Crippen MR) is 74.2 cm³/mol. The Bertz CT molecular complexity index is 636. The van der Waals surface area contributed by atoms with Crippen LogP contribution in [-0.2, 0) is 16.0 Å². The number of nitrogens with one attached hydrogen (secondary N) is 1. The van der Waals surface area contributed by atoms with Gasteiger partial charge < -0.3 is 14.4 Å². The number of carboxylic acid groups (broad SMARTS) is 1. The van der Waals surface area contributed by atoms with Crippen molar-refractivity contribution in [3.8, 4) is 11.4 Å². The van der Waals surface area contributed by atoms with E-state index in [1.54, 1.807) is 18.4 Å². The Balaban J connectivity index is 2.00. The lowest BCUT2D eigenvalue weighted by molar-refractivity contribution is -0.137. The fraction of sp³-hybridized carbons (Fsp3) is 0.333. The van der Waals surface area contributed by atoms with Crippen molar-refractivity contribution in [2.24, 2.45) is 0 Å². The van der Waals surface area contributed by atoms with Crippen molar-refractivity contribution in [3.63, 3.8) is 0 Å². The van der Waals surface area contributed by atoms with Crippen LogP contribution in [0.1, 0.15) is 19.2 Å². The molecule has 0 saturated heterocycles. The number of aromatic nitrogens is 2. The molecule has 0 aliphatic carbocycles. The summed E-state index contributed by atoms with van der Waals surface area (Å²) in [5, 5.41) is 17.3. The minimum Gasteiger partial charge on any atom is -0.481 e. The molecule has 8 nitrogen and oxygen atoms in total. The number of rotatable bonds is 6. The van der Waals surface area contributed by atoms with Gasteiger partial charge in [0, 0.05) is 17.4 Å². The molecule has 2 heterocycles. The molecule has 112 valence electrons. The van der Waals surface area contributed by atoms with Crippen molar-refractivity contribution < 1.29 is 24.0 Å². The van der Waals surface area contributed by atoms with Crippen molar-refractivity contribution in [2.75, 3.05) is 11.9 Å². The molecule has 0 aromatic carbocycles. The largest absolute Gasteiger partial charge is 0.481 e. The van der Waals surface area contributed by atoms with Gasteiger partial charge in [-0.15, -0.1) is 11.3 Å². The summed E-state index contributed by atoms with van der Waals surface area (Å²) < 4.78 is 9.74. The lowest BCUT2D eigenvalue weighted by atomic mass is 10.3. The van der Waals surface area contributed by atoms with Gasteiger partial charge in [-0.1, -0.05) is 5.16 Å². The number of anilines is 1. The number of thiophene rings is 1. The van der Waals surface area contributed by atoms with Crippen molar-refractivity contribution in [3.05, 3.63) is 17.3 Å². The summed E-state index contributed by atoms with van der Waals surface area (Å²) in [5.74, 6) is -0.312. The van der Waals surface area contributed by atoms with Crippen LogP contribution in [0, 0.1) is 0 Å². The van der Waals surface area contributed by atoms with Gasteiger partial charge in [0.2, 0.25) is 11.7 Å². The first-order chi connectivity index (χ1) is 10.1. The highest BCUT2D eigenvalue weighted by Crippen LogP contribution is 2.27. The second kappa shape index (κ2) is 6.84. The highest BCUT2D eigenvalue weighted by Gasteiger charge is 2.13. The smallest absolute Gasteiger partial charge is 0.412 e. The topological polar surface area (TPSA) is 115 Å². The SMILES string of the molecule is CCOC(=O)Nc1cc(-c2noc(CCC(=O)O)n2)cs1. The predicted octanol–water partition coefficient (Wildman–Crippen LogP) is 2.38. The number of aliphatic carboxylic acids is 1. The first-order valence-electron chi connectivity index (χ1n) is 6.15. The Morgan fingerprint density at radius 1 is 1.52 bits per heavy atom. The highest BCUT2D eigenvalue weighted by molar-refractivity contribution is 7.14. The van der Waals surface area contributed by atoms with Crippen LogP contribution in [0.3, 0.4) is 0 Å². The molecule has 0 fully saturated rings. The summed E-state index contributed by atoms with van der Waals surface area (Å²) in [4.78, 5) is 25.9. The molecule has 0 spiro atoms. The second-order valence-corrected chi connectivity index (χ2v) is 4.86. The average Bonchev–Trinajstić information content (AvgIpc) is 3.05. The maximum atomic E-state index is 11.3. The van der Waals surface area contributed by atoms with Gasteiger partial charge in [0.25, 0.3) is 0 Å². The lowest BCUT2D eigenvalue weighted by Gasteiger charge is -2.00. The van der Waals surface area contributed by atoms with Crippen LogP contribution in [-0.4, -0.2) is 33.9 Å². The molecule has 2 rings (SSSR count). The van der Waals surface area contributed by atoms with Gasteiger partial charge in [-0.2, -0.15) is 4.98 Å². The monoisotopic (exact) mass is 311 g/mol. The van der Waals surface area contributed by atoms with Gasteiger partial charge in [-0.25, -0.2) is 4.79 Å². The van der Waals surface area contributed by atoms with Gasteiger partial charge in [-0.05, 0) is 13.0 Å². The Morgan fingerprint density at radius 2 is 2.33 bits per heavy atom. The summed E-state index contributed by atoms with van der Waals surface area (Å²) in [6.45, 7) is 2.01. The average molecular weight is 311 g/mol. The molecule has 21 heavy (non-hydrogen) atoms. The van der Waals surface area contributed by atoms with Crippen LogP contribution < -0.4 is 5.32 Å². The Morgan fingerprint density at radius 3 is 3.05 bits per heavy atom. The van der Waals surface area contributed by atoms with E-state index in [0.717, 1.165) is 0 Å². The third-order valence-corrected chi connectivity index (χ3v) is 3.22. The first-order valence-corrected chi connectivity index (χ1v) is 7.03. The van der Waals surface area contributed by atoms with E-state index in [9.17, 15) is 9.59 Å². The van der Waals surface area contributed by atoms with E-state index in [0.29, 0.717) is 23.0 Å². The van der Waals surface area contributed by atoms with Crippen LogP contribution >= 0.6 is 11.3 Å². The molecule has 2 aromatic heterocycles. The van der Waals surface area contributed by atoms with E-state index in [1.165, 1.54) is 11.3 Å². The zero-order valence-corrected chi connectivity index (χ0v) is 12.0. The first kappa shape index (κ1) is 15.0. The highest BCUT2D eigenvalue weighted by atomic mass is 32.1. The van der Waals surface area contributed by atoms with E-state index >= 15 is 0 Å². The van der Waals surface area contributed by atoms with Crippen LogP contribution in [0.5, 0.6) is 0 Å². The van der Waals surface area contributed by atoms with Crippen molar-refractivity contribution in [1.82, 2.24) is 10.1 Å². The second-order valence-electron chi connectivity index (χ2n) is 3.95. The molecule has 0 saturated carbocycles. The number of aryl methyl sites for hydroxylation is 1. The molecule has 0 aliphatic heterocycles. The van der Waals surface area contributed by atoms with E-state index in [4.69, 9.17) is 14.4 Å². The molecule has 9 heteroatoms. The zero-order valence-electron chi connectivity index (χ0n) is 11.2. The standard InChI is InChI=1S/C12H13N3O5S/c1-2-19-12(18)14-9-5-7(6-21-9)11-13-8(20-15-11)3-4-10(16)17/h5-6H,2-4H2,1H3,(H,14,18)(H,16,17). The third kappa shape index (κ3) is 4.28. The number of nitrogens with zero attached hydrogens (tertiary/aromatic N) is 2. The van der Waals surface area contributed by atoms with Crippen molar-refractivity contribution in [2.45, 2.75) is 19.8 Å². The molecule has 0 unspecified atom stereocenters. The third-order valence-electron chi connectivity index (χ3n) is 2.38. The van der Waals surface area contributed by atoms with Crippen LogP contribution in [0.15, 0.2) is 16.0 Å². The molecule has 0 bridgehead atoms. The van der Waals surface area contributed by atoms with Crippen molar-refractivity contribution in [1.29, 1.82) is 0 Å². The number of carbonyl (C=O) groups excluding carboxylic acids is 1. The van der Waals surface area contributed by atoms with E-state index in [1.807, 2.05) is 0 Å². The van der Waals surface area contributed by atoms with Gasteiger partial charge in [0.1, 0.15) is 0 Å². The van der Waals surface area contributed by atoms with Gasteiger partial charge in [-0.3, -0.25) is 10.1 Å². The lowest BCUT2D eigenvalue weighted by Crippen LogP contribution is -2.12. The summed E-state index contributed by atoms with van der Waals surface area (Å²) in [6.07, 6.45) is -0.414. The van der Waals surface area contributed by atoms with Crippen LogP contribution in [0.2, 0.25) is 0 Å². The number of ether oxygens (including phenoxy) is 1. The van der Waals surface area contributed by atoms with Gasteiger partial charge >= 0.3 is 12.1 Å². The summed E-state index contributed by atoms with van der Waals surface area (Å²) in [7, 11) is 0. The quantitative estimate of drug-likeness (QED) is 0.841. The van der Waals surface area contributed by atoms with E-state index in [2.05, 4.69) is 15.5 Å². The van der Waals surface area contributed by atoms with Crippen LogP contribution in [0.25, 0.3) is 11.4 Å². The summed E-state index contributed by atoms with van der Waals surface area (Å²) >= 11 is 1.30. The van der Waals surface area contributed by atoms with E-state index < -0.39 is 12.1 Å². The summed E-state index contributed by atoms with van der Waals surface area (Å²) in [6, 6.07) is 1.69. The maximum Gasteiger partial charge on any atom is 0.412 e. The van der Waals surface area contributed by atoms with Crippen LogP contribution in [0.4, 0.5) is 9.80 Å². The molecule has 0 atom stereocenters. The Hall–Kier alpha value is -2.42. The zero-order chi connectivity index (χ0) is 15.2. The number of hydrogen-bond donors (Lipinski definition) is 2. The number of carbonyl (C=O) groups is 2. The number of hydrogen-bond acceptors (Lipinski definition) is 7. The molecular weight excluding hydrogens is 298 g/mol. The molecular formula is C12H13N3O5S. The van der Waals surface area contributed by atoms with Gasteiger partial charge in [0.15, 0.2) is 0 Å². The molecule has 1 amide bonds. The fourth-order valence-corrected chi connectivity index (χ4v) is 2.24. The normalized spacial score (nSPS) is 10.3. The van der Waals surface area contributed by atoms with E-state index in [-0.39, 0.29) is 18.7 Å². The molecule has 0 aliphatic rings. The fourth-order valence-electron chi connectivity index (χ4n) is 1.47.